The van der Waals surface area contributed by atoms with E-state index >= 15 is 0 Å². The Morgan fingerprint density at radius 3 is 2.53 bits per heavy atom. The van der Waals surface area contributed by atoms with Crippen molar-refractivity contribution in [1.82, 2.24) is 15.1 Å². The number of amides is 2. The largest absolute Gasteiger partial charge is 0.497 e. The van der Waals surface area contributed by atoms with E-state index in [9.17, 15) is 9.59 Å². The minimum Gasteiger partial charge on any atom is -0.497 e. The summed E-state index contributed by atoms with van der Waals surface area (Å²) in [7, 11) is 8.79. The fourth-order valence-corrected chi connectivity index (χ4v) is 4.25. The molecule has 2 amide bonds. The van der Waals surface area contributed by atoms with Gasteiger partial charge in [-0.2, -0.15) is 0 Å². The number of hydrogen-bond donors (Lipinski definition) is 1. The summed E-state index contributed by atoms with van der Waals surface area (Å²) in [5.74, 6) is 1.70. The second kappa shape index (κ2) is 11.7. The van der Waals surface area contributed by atoms with Crippen LogP contribution in [0.3, 0.4) is 0 Å². The summed E-state index contributed by atoms with van der Waals surface area (Å²) >= 11 is 0. The van der Waals surface area contributed by atoms with Crippen LogP contribution in [0.5, 0.6) is 17.2 Å². The maximum Gasteiger partial charge on any atom is 0.225 e. The van der Waals surface area contributed by atoms with Gasteiger partial charge in [-0.25, -0.2) is 0 Å². The lowest BCUT2D eigenvalue weighted by Gasteiger charge is -2.26. The molecule has 0 radical (unpaired) electrons. The van der Waals surface area contributed by atoms with Crippen molar-refractivity contribution in [3.63, 3.8) is 0 Å². The Morgan fingerprint density at radius 2 is 1.85 bits per heavy atom. The van der Waals surface area contributed by atoms with Crippen LogP contribution in [-0.4, -0.2) is 76.7 Å². The van der Waals surface area contributed by atoms with Gasteiger partial charge in [-0.1, -0.05) is 18.2 Å². The van der Waals surface area contributed by atoms with Crippen molar-refractivity contribution in [3.05, 3.63) is 53.6 Å². The quantitative estimate of drug-likeness (QED) is 0.545. The Labute approximate surface area is 201 Å². The van der Waals surface area contributed by atoms with Gasteiger partial charge in [0.25, 0.3) is 0 Å². The number of benzene rings is 2. The third-order valence-electron chi connectivity index (χ3n) is 6.28. The standard InChI is InChI=1S/C26H35N3O5/c1-28(2)22(19-7-6-8-21(14-19)32-3)16-27-26(31)20-15-25(30)29(17-20)12-11-18-9-10-23(33-4)24(13-18)34-5/h6-10,13-14,20,22H,11-12,15-17H2,1-5H3,(H,27,31). The van der Waals surface area contributed by atoms with Crippen LogP contribution in [0.4, 0.5) is 0 Å². The number of rotatable bonds is 11. The molecule has 0 aromatic heterocycles. The van der Waals surface area contributed by atoms with Crippen LogP contribution in [-0.2, 0) is 16.0 Å². The van der Waals surface area contributed by atoms with Gasteiger partial charge in [0.05, 0.1) is 33.3 Å². The molecule has 1 heterocycles. The minimum atomic E-state index is -0.342. The highest BCUT2D eigenvalue weighted by molar-refractivity contribution is 5.89. The van der Waals surface area contributed by atoms with Crippen molar-refractivity contribution in [2.24, 2.45) is 5.92 Å². The monoisotopic (exact) mass is 469 g/mol. The number of hydrogen-bond acceptors (Lipinski definition) is 6. The third-order valence-corrected chi connectivity index (χ3v) is 6.28. The Morgan fingerprint density at radius 1 is 1.09 bits per heavy atom. The molecular weight excluding hydrogens is 434 g/mol. The van der Waals surface area contributed by atoms with E-state index in [1.54, 1.807) is 26.2 Å². The number of methoxy groups -OCH3 is 3. The van der Waals surface area contributed by atoms with Crippen LogP contribution < -0.4 is 19.5 Å². The zero-order chi connectivity index (χ0) is 24.7. The Kier molecular flexibility index (Phi) is 8.76. The molecule has 0 bridgehead atoms. The average Bonchev–Trinajstić information content (AvgIpc) is 3.22. The molecule has 34 heavy (non-hydrogen) atoms. The van der Waals surface area contributed by atoms with Crippen molar-refractivity contribution in [1.29, 1.82) is 0 Å². The summed E-state index contributed by atoms with van der Waals surface area (Å²) in [5, 5.41) is 3.05. The third kappa shape index (κ3) is 6.20. The number of likely N-dealkylation sites (tertiary alicyclic amines) is 1. The topological polar surface area (TPSA) is 80.3 Å². The van der Waals surface area contributed by atoms with Gasteiger partial charge in [0.15, 0.2) is 11.5 Å². The summed E-state index contributed by atoms with van der Waals surface area (Å²) in [6.45, 7) is 1.45. The lowest BCUT2D eigenvalue weighted by molar-refractivity contribution is -0.129. The molecule has 2 atom stereocenters. The molecule has 1 N–H and O–H groups in total. The summed E-state index contributed by atoms with van der Waals surface area (Å²) < 4.78 is 16.0. The van der Waals surface area contributed by atoms with E-state index in [2.05, 4.69) is 10.2 Å². The number of carbonyl (C=O) groups is 2. The number of nitrogens with zero attached hydrogens (tertiary/aromatic N) is 2. The zero-order valence-corrected chi connectivity index (χ0v) is 20.7. The minimum absolute atomic E-state index is 0.00249. The van der Waals surface area contributed by atoms with Crippen LogP contribution in [0.15, 0.2) is 42.5 Å². The summed E-state index contributed by atoms with van der Waals surface area (Å²) in [6, 6.07) is 13.6. The molecule has 2 unspecified atom stereocenters. The molecule has 0 spiro atoms. The van der Waals surface area contributed by atoms with Crippen molar-refractivity contribution < 1.29 is 23.8 Å². The predicted octanol–water partition coefficient (Wildman–Crippen LogP) is 2.52. The van der Waals surface area contributed by atoms with Crippen molar-refractivity contribution in [2.45, 2.75) is 18.9 Å². The van der Waals surface area contributed by atoms with Crippen LogP contribution in [0.2, 0.25) is 0 Å². The Hall–Kier alpha value is -3.26. The predicted molar refractivity (Wildman–Crippen MR) is 130 cm³/mol. The van der Waals surface area contributed by atoms with Gasteiger partial charge in [0.1, 0.15) is 5.75 Å². The highest BCUT2D eigenvalue weighted by Gasteiger charge is 2.34. The first-order valence-electron chi connectivity index (χ1n) is 11.4. The van der Waals surface area contributed by atoms with Gasteiger partial charge in [-0.15, -0.1) is 0 Å². The highest BCUT2D eigenvalue weighted by Crippen LogP contribution is 2.28. The average molecular weight is 470 g/mol. The molecule has 1 fully saturated rings. The Bertz CT molecular complexity index is 994. The highest BCUT2D eigenvalue weighted by atomic mass is 16.5. The summed E-state index contributed by atoms with van der Waals surface area (Å²) in [4.78, 5) is 29.3. The molecule has 3 rings (SSSR count). The number of carbonyl (C=O) groups excluding carboxylic acids is 2. The zero-order valence-electron chi connectivity index (χ0n) is 20.7. The first-order valence-corrected chi connectivity index (χ1v) is 11.4. The first kappa shape index (κ1) is 25.4. The van der Waals surface area contributed by atoms with E-state index in [4.69, 9.17) is 14.2 Å². The molecule has 184 valence electrons. The van der Waals surface area contributed by atoms with E-state index in [-0.39, 0.29) is 30.2 Å². The summed E-state index contributed by atoms with van der Waals surface area (Å²) in [6.07, 6.45) is 0.919. The van der Waals surface area contributed by atoms with E-state index in [1.165, 1.54) is 0 Å². The SMILES string of the molecule is COc1cccc(C(CNC(=O)C2CC(=O)N(CCc3ccc(OC)c(OC)c3)C2)N(C)C)c1. The number of nitrogens with one attached hydrogen (secondary N) is 1. The summed E-state index contributed by atoms with van der Waals surface area (Å²) in [5.41, 5.74) is 2.11. The molecular formula is C26H35N3O5. The molecule has 1 aliphatic heterocycles. The first-order chi connectivity index (χ1) is 16.4. The molecule has 0 saturated carbocycles. The number of likely N-dealkylation sites (N-methyl/N-ethyl adjacent to an activating group) is 1. The molecule has 2 aromatic carbocycles. The maximum atomic E-state index is 12.9. The smallest absolute Gasteiger partial charge is 0.225 e. The fraction of sp³-hybridized carbons (Fsp3) is 0.462. The van der Waals surface area contributed by atoms with E-state index in [1.807, 2.05) is 56.6 Å². The van der Waals surface area contributed by atoms with Gasteiger partial charge in [-0.05, 0) is 55.9 Å². The fourth-order valence-electron chi connectivity index (χ4n) is 4.25. The van der Waals surface area contributed by atoms with Gasteiger partial charge < -0.3 is 29.3 Å². The molecule has 1 aliphatic rings. The van der Waals surface area contributed by atoms with Crippen molar-refractivity contribution in [3.8, 4) is 17.2 Å². The van der Waals surface area contributed by atoms with Crippen LogP contribution >= 0.6 is 0 Å². The maximum absolute atomic E-state index is 12.9. The van der Waals surface area contributed by atoms with E-state index < -0.39 is 0 Å². The molecule has 1 saturated heterocycles. The second-order valence-corrected chi connectivity index (χ2v) is 8.68. The molecule has 8 heteroatoms. The van der Waals surface area contributed by atoms with E-state index in [0.717, 1.165) is 16.9 Å². The molecule has 2 aromatic rings. The van der Waals surface area contributed by atoms with Gasteiger partial charge in [0.2, 0.25) is 11.8 Å². The Balaban J connectivity index is 1.55. The lowest BCUT2D eigenvalue weighted by atomic mass is 10.0. The lowest BCUT2D eigenvalue weighted by Crippen LogP contribution is -2.38. The van der Waals surface area contributed by atoms with Crippen molar-refractivity contribution in [2.75, 3.05) is 55.1 Å². The molecule has 8 nitrogen and oxygen atoms in total. The number of ether oxygens (including phenoxy) is 3. The van der Waals surface area contributed by atoms with E-state index in [0.29, 0.717) is 37.6 Å². The van der Waals surface area contributed by atoms with Crippen LogP contribution in [0.25, 0.3) is 0 Å². The normalized spacial score (nSPS) is 16.5. The van der Waals surface area contributed by atoms with Gasteiger partial charge in [0, 0.05) is 26.1 Å². The van der Waals surface area contributed by atoms with Crippen LogP contribution in [0.1, 0.15) is 23.6 Å². The molecule has 0 aliphatic carbocycles. The van der Waals surface area contributed by atoms with Gasteiger partial charge in [-0.3, -0.25) is 9.59 Å². The second-order valence-electron chi connectivity index (χ2n) is 8.68. The van der Waals surface area contributed by atoms with Crippen LogP contribution in [0, 0.1) is 5.92 Å². The van der Waals surface area contributed by atoms with Crippen molar-refractivity contribution >= 4 is 11.8 Å². The van der Waals surface area contributed by atoms with Gasteiger partial charge >= 0.3 is 0 Å².